The molecule has 0 saturated carbocycles. The van der Waals surface area contributed by atoms with Gasteiger partial charge in [-0.25, -0.2) is 4.68 Å². The summed E-state index contributed by atoms with van der Waals surface area (Å²) >= 11 is 5.97. The van der Waals surface area contributed by atoms with Crippen molar-refractivity contribution in [2.24, 2.45) is 0 Å². The van der Waals surface area contributed by atoms with E-state index >= 15 is 0 Å². The molecule has 1 atom stereocenters. The van der Waals surface area contributed by atoms with Gasteiger partial charge in [0.1, 0.15) is 0 Å². The highest BCUT2D eigenvalue weighted by molar-refractivity contribution is 6.31. The molecule has 2 heterocycles. The third kappa shape index (κ3) is 2.04. The summed E-state index contributed by atoms with van der Waals surface area (Å²) in [6.07, 6.45) is 2.08. The van der Waals surface area contributed by atoms with E-state index in [1.807, 2.05) is 28.9 Å². The number of benzene rings is 2. The van der Waals surface area contributed by atoms with Crippen LogP contribution >= 0.6 is 11.6 Å². The molecular formula is C17H12ClN3O. The predicted molar refractivity (Wildman–Crippen MR) is 84.0 cm³/mol. The quantitative estimate of drug-likeness (QED) is 0.692. The lowest BCUT2D eigenvalue weighted by Crippen LogP contribution is -2.13. The van der Waals surface area contributed by atoms with Crippen LogP contribution in [0.3, 0.4) is 0 Å². The van der Waals surface area contributed by atoms with Crippen LogP contribution in [0.5, 0.6) is 0 Å². The highest BCUT2D eigenvalue weighted by Gasteiger charge is 2.31. The molecule has 0 saturated heterocycles. The molecule has 0 fully saturated rings. The topological polar surface area (TPSA) is 47.8 Å². The van der Waals surface area contributed by atoms with Crippen molar-refractivity contribution < 1.29 is 4.79 Å². The molecule has 22 heavy (non-hydrogen) atoms. The molecule has 3 aromatic rings. The third-order valence-corrected chi connectivity index (χ3v) is 4.23. The lowest BCUT2D eigenvalue weighted by molar-refractivity contribution is 0.0968. The first-order valence-corrected chi connectivity index (χ1v) is 7.40. The van der Waals surface area contributed by atoms with Crippen LogP contribution in [0.2, 0.25) is 5.02 Å². The van der Waals surface area contributed by atoms with Gasteiger partial charge in [-0.3, -0.25) is 4.79 Å². The van der Waals surface area contributed by atoms with Crippen molar-refractivity contribution in [1.82, 2.24) is 15.0 Å². The molecule has 0 spiro atoms. The van der Waals surface area contributed by atoms with Gasteiger partial charge in [0.05, 0.1) is 17.9 Å². The second-order valence-electron chi connectivity index (χ2n) is 5.30. The Bertz CT molecular complexity index is 872. The Morgan fingerprint density at radius 1 is 1.18 bits per heavy atom. The smallest absolute Gasteiger partial charge is 0.165 e. The molecule has 4 nitrogen and oxygen atoms in total. The first-order chi connectivity index (χ1) is 10.7. The molecule has 1 aliphatic heterocycles. The summed E-state index contributed by atoms with van der Waals surface area (Å²) < 4.78 is 1.83. The molecule has 108 valence electrons. The van der Waals surface area contributed by atoms with Crippen LogP contribution in [0.15, 0.2) is 54.7 Å². The van der Waals surface area contributed by atoms with Crippen LogP contribution in [0.1, 0.15) is 28.4 Å². The first-order valence-electron chi connectivity index (χ1n) is 7.02. The molecule has 0 radical (unpaired) electrons. The largest absolute Gasteiger partial charge is 0.294 e. The number of fused-ring (bicyclic) bond motifs is 3. The minimum Gasteiger partial charge on any atom is -0.294 e. The number of hydrogen-bond acceptors (Lipinski definition) is 3. The fourth-order valence-corrected chi connectivity index (χ4v) is 3.16. The van der Waals surface area contributed by atoms with Crippen molar-refractivity contribution in [1.29, 1.82) is 0 Å². The van der Waals surface area contributed by atoms with Gasteiger partial charge in [0.2, 0.25) is 0 Å². The molecule has 0 amide bonds. The zero-order valence-electron chi connectivity index (χ0n) is 11.6. The summed E-state index contributed by atoms with van der Waals surface area (Å²) in [4.78, 5) is 12.6. The second-order valence-corrected chi connectivity index (χ2v) is 5.74. The summed E-state index contributed by atoms with van der Waals surface area (Å²) in [5.74, 6) is 0.0469. The molecule has 0 bridgehead atoms. The van der Waals surface area contributed by atoms with E-state index in [9.17, 15) is 4.79 Å². The van der Waals surface area contributed by atoms with Crippen molar-refractivity contribution in [3.8, 4) is 11.3 Å². The highest BCUT2D eigenvalue weighted by Crippen LogP contribution is 2.40. The van der Waals surface area contributed by atoms with Crippen LogP contribution in [0.4, 0.5) is 0 Å². The van der Waals surface area contributed by atoms with Gasteiger partial charge in [0.25, 0.3) is 0 Å². The van der Waals surface area contributed by atoms with Gasteiger partial charge < -0.3 is 0 Å². The molecule has 0 aliphatic carbocycles. The van der Waals surface area contributed by atoms with Gasteiger partial charge in [-0.05, 0) is 17.7 Å². The summed E-state index contributed by atoms with van der Waals surface area (Å²) in [6, 6.07) is 15.0. The number of hydrogen-bond donors (Lipinski definition) is 0. The van der Waals surface area contributed by atoms with Gasteiger partial charge in [0.15, 0.2) is 5.78 Å². The van der Waals surface area contributed by atoms with E-state index in [4.69, 9.17) is 11.6 Å². The van der Waals surface area contributed by atoms with Gasteiger partial charge >= 0.3 is 0 Å². The maximum absolute atomic E-state index is 12.6. The number of aromatic nitrogens is 3. The van der Waals surface area contributed by atoms with Crippen molar-refractivity contribution in [3.05, 3.63) is 70.9 Å². The van der Waals surface area contributed by atoms with E-state index in [2.05, 4.69) is 10.3 Å². The Morgan fingerprint density at radius 2 is 2.05 bits per heavy atom. The van der Waals surface area contributed by atoms with Crippen LogP contribution in [-0.2, 0) is 0 Å². The standard InChI is InChI=1S/C17H12ClN3O/c18-12-5-3-4-11(8-12)17(22)9-15-13-6-1-2-7-14(13)16-10-19-20-21(15)16/h1-8,10,15H,9H2. The molecule has 1 aliphatic rings. The first kappa shape index (κ1) is 13.2. The summed E-state index contributed by atoms with van der Waals surface area (Å²) in [5.41, 5.74) is 3.79. The third-order valence-electron chi connectivity index (χ3n) is 3.99. The zero-order valence-corrected chi connectivity index (χ0v) is 12.4. The molecular weight excluding hydrogens is 298 g/mol. The number of Topliss-reactive ketones (excluding diaryl/α,β-unsaturated/α-hetero) is 1. The number of rotatable bonds is 3. The number of ketones is 1. The van der Waals surface area contributed by atoms with Crippen molar-refractivity contribution in [2.45, 2.75) is 12.5 Å². The summed E-state index contributed by atoms with van der Waals surface area (Å²) in [5, 5.41) is 8.68. The molecule has 4 rings (SSSR count). The molecule has 5 heteroatoms. The van der Waals surface area contributed by atoms with Gasteiger partial charge in [0, 0.05) is 22.6 Å². The minimum atomic E-state index is -0.111. The lowest BCUT2D eigenvalue weighted by atomic mass is 9.97. The van der Waals surface area contributed by atoms with Crippen LogP contribution < -0.4 is 0 Å². The van der Waals surface area contributed by atoms with Gasteiger partial charge in [-0.2, -0.15) is 0 Å². The van der Waals surface area contributed by atoms with E-state index < -0.39 is 0 Å². The van der Waals surface area contributed by atoms with Crippen molar-refractivity contribution >= 4 is 17.4 Å². The highest BCUT2D eigenvalue weighted by atomic mass is 35.5. The van der Waals surface area contributed by atoms with Gasteiger partial charge in [-0.15, -0.1) is 5.10 Å². The van der Waals surface area contributed by atoms with Crippen LogP contribution in [-0.4, -0.2) is 20.8 Å². The number of carbonyl (C=O) groups excluding carboxylic acids is 1. The van der Waals surface area contributed by atoms with E-state index in [1.165, 1.54) is 0 Å². The monoisotopic (exact) mass is 309 g/mol. The fraction of sp³-hybridized carbons (Fsp3) is 0.118. The van der Waals surface area contributed by atoms with E-state index in [-0.39, 0.29) is 11.8 Å². The Balaban J connectivity index is 1.71. The average molecular weight is 310 g/mol. The normalized spacial score (nSPS) is 15.4. The van der Waals surface area contributed by atoms with E-state index in [0.29, 0.717) is 17.0 Å². The number of carbonyl (C=O) groups is 1. The average Bonchev–Trinajstić information content (AvgIpc) is 3.10. The summed E-state index contributed by atoms with van der Waals surface area (Å²) in [7, 11) is 0. The Labute approximate surface area is 132 Å². The van der Waals surface area contributed by atoms with Gasteiger partial charge in [-0.1, -0.05) is 53.2 Å². The Hall–Kier alpha value is -2.46. The maximum Gasteiger partial charge on any atom is 0.165 e. The van der Waals surface area contributed by atoms with Crippen molar-refractivity contribution in [3.63, 3.8) is 0 Å². The number of nitrogens with zero attached hydrogens (tertiary/aromatic N) is 3. The molecule has 2 aromatic carbocycles. The molecule has 0 N–H and O–H groups in total. The Kier molecular flexibility index (Phi) is 3.05. The minimum absolute atomic E-state index is 0.0469. The van der Waals surface area contributed by atoms with Crippen LogP contribution in [0.25, 0.3) is 11.3 Å². The lowest BCUT2D eigenvalue weighted by Gasteiger charge is -2.12. The van der Waals surface area contributed by atoms with Crippen LogP contribution in [0, 0.1) is 0 Å². The number of halogens is 1. The summed E-state index contributed by atoms with van der Waals surface area (Å²) in [6.45, 7) is 0. The SMILES string of the molecule is O=C(CC1c2ccccc2-c2cnnn21)c1cccc(Cl)c1. The fourth-order valence-electron chi connectivity index (χ4n) is 2.97. The van der Waals surface area contributed by atoms with E-state index in [1.54, 1.807) is 30.5 Å². The van der Waals surface area contributed by atoms with E-state index in [0.717, 1.165) is 16.8 Å². The Morgan fingerprint density at radius 3 is 2.91 bits per heavy atom. The van der Waals surface area contributed by atoms with Crippen molar-refractivity contribution in [2.75, 3.05) is 0 Å². The molecule has 1 unspecified atom stereocenters. The predicted octanol–water partition coefficient (Wildman–Crippen LogP) is 3.77. The zero-order chi connectivity index (χ0) is 15.1. The second kappa shape index (κ2) is 5.07. The maximum atomic E-state index is 12.6. The molecule has 1 aromatic heterocycles.